The highest BCUT2D eigenvalue weighted by Crippen LogP contribution is 2.04. The molecular formula is C12H13FN2O2. The Morgan fingerprint density at radius 2 is 2.18 bits per heavy atom. The second kappa shape index (κ2) is 6.42. The molecule has 0 aromatic heterocycles. The molecule has 5 heteroatoms. The van der Waals surface area contributed by atoms with Gasteiger partial charge < -0.3 is 11.1 Å². The largest absolute Gasteiger partial charge is 0.370 e. The third kappa shape index (κ3) is 5.46. The smallest absolute Gasteiger partial charge is 0.244 e. The first-order valence-corrected chi connectivity index (χ1v) is 5.08. The topological polar surface area (TPSA) is 72.2 Å². The summed E-state index contributed by atoms with van der Waals surface area (Å²) in [5.41, 5.74) is 5.50. The van der Waals surface area contributed by atoms with Crippen molar-refractivity contribution in [3.63, 3.8) is 0 Å². The Bertz CT molecular complexity index is 444. The number of nitrogens with one attached hydrogen (secondary N) is 1. The van der Waals surface area contributed by atoms with Gasteiger partial charge in [-0.25, -0.2) is 4.39 Å². The number of halogens is 1. The minimum atomic E-state index is -0.473. The van der Waals surface area contributed by atoms with Gasteiger partial charge in [0.05, 0.1) is 0 Å². The Hall–Kier alpha value is -2.17. The summed E-state index contributed by atoms with van der Waals surface area (Å²) in [6, 6.07) is 5.87. The van der Waals surface area contributed by atoms with Crippen LogP contribution in [0.3, 0.4) is 0 Å². The lowest BCUT2D eigenvalue weighted by Crippen LogP contribution is -2.26. The van der Waals surface area contributed by atoms with E-state index < -0.39 is 5.91 Å². The molecule has 3 N–H and O–H groups in total. The number of carbonyl (C=O) groups is 2. The van der Waals surface area contributed by atoms with Crippen molar-refractivity contribution in [1.82, 2.24) is 5.32 Å². The van der Waals surface area contributed by atoms with Gasteiger partial charge in [0.2, 0.25) is 11.8 Å². The quantitative estimate of drug-likeness (QED) is 0.743. The summed E-state index contributed by atoms with van der Waals surface area (Å²) in [6.45, 7) is 0.196. The predicted octanol–water partition coefficient (Wildman–Crippen LogP) is 0.830. The van der Waals surface area contributed by atoms with Gasteiger partial charge in [0.25, 0.3) is 0 Å². The number of nitrogens with two attached hydrogens (primary N) is 1. The molecule has 4 nitrogen and oxygen atoms in total. The van der Waals surface area contributed by atoms with Crippen molar-refractivity contribution in [2.24, 2.45) is 5.73 Å². The van der Waals surface area contributed by atoms with Crippen molar-refractivity contribution in [3.05, 3.63) is 41.7 Å². The van der Waals surface area contributed by atoms with Crippen molar-refractivity contribution in [2.75, 3.05) is 6.54 Å². The van der Waals surface area contributed by atoms with Gasteiger partial charge in [-0.2, -0.15) is 0 Å². The lowest BCUT2D eigenvalue weighted by atomic mass is 10.2. The molecule has 90 valence electrons. The molecule has 0 unspecified atom stereocenters. The molecule has 0 aliphatic rings. The monoisotopic (exact) mass is 236 g/mol. The lowest BCUT2D eigenvalue weighted by Gasteiger charge is -1.98. The highest BCUT2D eigenvalue weighted by atomic mass is 19.1. The molecule has 0 aliphatic carbocycles. The van der Waals surface area contributed by atoms with Gasteiger partial charge in [-0.05, 0) is 23.8 Å². The molecule has 17 heavy (non-hydrogen) atoms. The van der Waals surface area contributed by atoms with E-state index >= 15 is 0 Å². The Morgan fingerprint density at radius 3 is 2.82 bits per heavy atom. The average Bonchev–Trinajstić information content (AvgIpc) is 2.26. The van der Waals surface area contributed by atoms with Gasteiger partial charge in [0, 0.05) is 19.0 Å². The summed E-state index contributed by atoms with van der Waals surface area (Å²) in [5.74, 6) is -1.18. The van der Waals surface area contributed by atoms with Crippen LogP contribution >= 0.6 is 0 Å². The van der Waals surface area contributed by atoms with E-state index in [0.717, 1.165) is 0 Å². The van der Waals surface area contributed by atoms with Crippen molar-refractivity contribution in [3.8, 4) is 0 Å². The van der Waals surface area contributed by atoms with Gasteiger partial charge in [0.1, 0.15) is 5.82 Å². The molecule has 0 spiro atoms. The molecule has 0 saturated carbocycles. The molecule has 0 radical (unpaired) electrons. The highest BCUT2D eigenvalue weighted by Gasteiger charge is 1.97. The molecular weight excluding hydrogens is 223 g/mol. The van der Waals surface area contributed by atoms with E-state index in [-0.39, 0.29) is 24.7 Å². The molecule has 1 rings (SSSR count). The SMILES string of the molecule is NC(=O)CCNC(=O)C=Cc1cccc(F)c1. The van der Waals surface area contributed by atoms with Crippen molar-refractivity contribution < 1.29 is 14.0 Å². The summed E-state index contributed by atoms with van der Waals surface area (Å²) in [5, 5.41) is 2.48. The molecule has 1 aromatic rings. The lowest BCUT2D eigenvalue weighted by molar-refractivity contribution is -0.118. The number of rotatable bonds is 5. The van der Waals surface area contributed by atoms with Crippen LogP contribution in [0.4, 0.5) is 4.39 Å². The predicted molar refractivity (Wildman–Crippen MR) is 62.3 cm³/mol. The van der Waals surface area contributed by atoms with Gasteiger partial charge >= 0.3 is 0 Å². The van der Waals surface area contributed by atoms with E-state index in [1.165, 1.54) is 24.3 Å². The Morgan fingerprint density at radius 1 is 1.41 bits per heavy atom. The zero-order valence-electron chi connectivity index (χ0n) is 9.15. The van der Waals surface area contributed by atoms with Crippen molar-refractivity contribution in [1.29, 1.82) is 0 Å². The molecule has 0 bridgehead atoms. The van der Waals surface area contributed by atoms with Gasteiger partial charge in [0.15, 0.2) is 0 Å². The zero-order valence-corrected chi connectivity index (χ0v) is 9.15. The summed E-state index contributed by atoms with van der Waals surface area (Å²) < 4.78 is 12.8. The van der Waals surface area contributed by atoms with Crippen molar-refractivity contribution >= 4 is 17.9 Å². The van der Waals surface area contributed by atoms with Crippen LogP contribution in [0, 0.1) is 5.82 Å². The number of benzene rings is 1. The van der Waals surface area contributed by atoms with Crippen LogP contribution < -0.4 is 11.1 Å². The summed E-state index contributed by atoms with van der Waals surface area (Å²) >= 11 is 0. The van der Waals surface area contributed by atoms with Crippen LogP contribution in [0.15, 0.2) is 30.3 Å². The minimum absolute atomic E-state index is 0.0968. The van der Waals surface area contributed by atoms with Gasteiger partial charge in [-0.3, -0.25) is 9.59 Å². The third-order valence-electron chi connectivity index (χ3n) is 1.95. The fourth-order valence-corrected chi connectivity index (χ4v) is 1.15. The number of hydrogen-bond acceptors (Lipinski definition) is 2. The van der Waals surface area contributed by atoms with Crippen LogP contribution in [-0.4, -0.2) is 18.4 Å². The molecule has 0 heterocycles. The summed E-state index contributed by atoms with van der Waals surface area (Å²) in [7, 11) is 0. The van der Waals surface area contributed by atoms with Crippen LogP contribution in [0.2, 0.25) is 0 Å². The van der Waals surface area contributed by atoms with Crippen molar-refractivity contribution in [2.45, 2.75) is 6.42 Å². The average molecular weight is 236 g/mol. The Labute approximate surface area is 98.3 Å². The number of amides is 2. The highest BCUT2D eigenvalue weighted by molar-refractivity contribution is 5.91. The zero-order chi connectivity index (χ0) is 12.7. The van der Waals surface area contributed by atoms with Crippen LogP contribution in [0.1, 0.15) is 12.0 Å². The number of hydrogen-bond donors (Lipinski definition) is 2. The van der Waals surface area contributed by atoms with E-state index in [4.69, 9.17) is 5.73 Å². The molecule has 0 fully saturated rings. The van der Waals surface area contributed by atoms with Gasteiger partial charge in [-0.1, -0.05) is 12.1 Å². The first-order valence-electron chi connectivity index (χ1n) is 5.08. The molecule has 1 aromatic carbocycles. The summed E-state index contributed by atoms with van der Waals surface area (Å²) in [4.78, 5) is 21.6. The van der Waals surface area contributed by atoms with Crippen LogP contribution in [0.5, 0.6) is 0 Å². The second-order valence-corrected chi connectivity index (χ2v) is 3.40. The second-order valence-electron chi connectivity index (χ2n) is 3.40. The molecule has 0 aliphatic heterocycles. The Balaban J connectivity index is 2.43. The maximum Gasteiger partial charge on any atom is 0.244 e. The maximum absolute atomic E-state index is 12.8. The molecule has 2 amide bonds. The first-order chi connectivity index (χ1) is 8.08. The normalized spacial score (nSPS) is 10.4. The number of primary amides is 1. The third-order valence-corrected chi connectivity index (χ3v) is 1.95. The molecule has 0 saturated heterocycles. The van der Waals surface area contributed by atoms with E-state index in [9.17, 15) is 14.0 Å². The van der Waals surface area contributed by atoms with Crippen LogP contribution in [-0.2, 0) is 9.59 Å². The molecule has 0 atom stereocenters. The minimum Gasteiger partial charge on any atom is -0.370 e. The standard InChI is InChI=1S/C12H13FN2O2/c13-10-3-1-2-9(8-10)4-5-12(17)15-7-6-11(14)16/h1-5,8H,6-7H2,(H2,14,16)(H,15,17). The fourth-order valence-electron chi connectivity index (χ4n) is 1.15. The van der Waals surface area contributed by atoms with E-state index in [0.29, 0.717) is 5.56 Å². The van der Waals surface area contributed by atoms with E-state index in [1.54, 1.807) is 12.1 Å². The van der Waals surface area contributed by atoms with E-state index in [2.05, 4.69) is 5.32 Å². The first kappa shape index (κ1) is 12.9. The van der Waals surface area contributed by atoms with Crippen LogP contribution in [0.25, 0.3) is 6.08 Å². The maximum atomic E-state index is 12.8. The van der Waals surface area contributed by atoms with Gasteiger partial charge in [-0.15, -0.1) is 0 Å². The fraction of sp³-hybridized carbons (Fsp3) is 0.167. The summed E-state index contributed by atoms with van der Waals surface area (Å²) in [6.07, 6.45) is 2.86. The number of carbonyl (C=O) groups excluding carboxylic acids is 2. The van der Waals surface area contributed by atoms with E-state index in [1.807, 2.05) is 0 Å². The Kier molecular flexibility index (Phi) is 4.87.